The van der Waals surface area contributed by atoms with Gasteiger partial charge in [-0.1, -0.05) is 12.1 Å². The van der Waals surface area contributed by atoms with Gasteiger partial charge in [-0.25, -0.2) is 4.39 Å². The first-order valence-electron chi connectivity index (χ1n) is 9.79. The van der Waals surface area contributed by atoms with Crippen LogP contribution in [0.15, 0.2) is 52.9 Å². The summed E-state index contributed by atoms with van der Waals surface area (Å²) in [5, 5.41) is 11.5. The second-order valence-corrected chi connectivity index (χ2v) is 7.80. The number of furan rings is 1. The molecule has 7 nitrogen and oxygen atoms in total. The van der Waals surface area contributed by atoms with Gasteiger partial charge in [0.05, 0.1) is 4.92 Å². The zero-order chi connectivity index (χ0) is 21.4. The molecular formula is C22H22FN3O4. The second kappa shape index (κ2) is 7.87. The molecule has 3 aromatic rings. The predicted octanol–water partition coefficient (Wildman–Crippen LogP) is 4.22. The molecule has 0 unspecified atom stereocenters. The van der Waals surface area contributed by atoms with Crippen LogP contribution in [0.2, 0.25) is 0 Å². The van der Waals surface area contributed by atoms with Gasteiger partial charge in [0.25, 0.3) is 11.6 Å². The van der Waals surface area contributed by atoms with Crippen molar-refractivity contribution in [2.45, 2.75) is 32.5 Å². The van der Waals surface area contributed by atoms with Gasteiger partial charge in [0.1, 0.15) is 11.4 Å². The number of fused-ring (bicyclic) bond motifs is 1. The van der Waals surface area contributed by atoms with E-state index in [0.29, 0.717) is 30.6 Å². The van der Waals surface area contributed by atoms with Crippen LogP contribution >= 0.6 is 0 Å². The molecule has 0 N–H and O–H groups in total. The molecule has 2 atom stereocenters. The number of amides is 1. The van der Waals surface area contributed by atoms with Crippen LogP contribution in [-0.4, -0.2) is 45.8 Å². The number of carbonyl (C=O) groups excluding carboxylic acids is 1. The SMILES string of the molecule is C[C@@H]1CN(C(=O)c2cc3cc([N+](=O)[O-])ccc3o2)[C@@H](C)CN1Cc1ccc(F)cc1. The predicted molar refractivity (Wildman–Crippen MR) is 110 cm³/mol. The van der Waals surface area contributed by atoms with E-state index in [1.165, 1.54) is 30.3 Å². The lowest BCUT2D eigenvalue weighted by Crippen LogP contribution is -2.57. The van der Waals surface area contributed by atoms with E-state index in [1.807, 2.05) is 6.92 Å². The highest BCUT2D eigenvalue weighted by molar-refractivity contribution is 5.96. The van der Waals surface area contributed by atoms with Crippen LogP contribution in [0.3, 0.4) is 0 Å². The minimum Gasteiger partial charge on any atom is -0.451 e. The van der Waals surface area contributed by atoms with Gasteiger partial charge in [0, 0.05) is 49.2 Å². The van der Waals surface area contributed by atoms with Crippen LogP contribution in [0.4, 0.5) is 10.1 Å². The molecule has 1 aromatic heterocycles. The molecule has 30 heavy (non-hydrogen) atoms. The lowest BCUT2D eigenvalue weighted by atomic mass is 10.1. The van der Waals surface area contributed by atoms with Crippen molar-refractivity contribution >= 4 is 22.6 Å². The summed E-state index contributed by atoms with van der Waals surface area (Å²) in [7, 11) is 0. The molecule has 0 radical (unpaired) electrons. The van der Waals surface area contributed by atoms with Gasteiger partial charge in [0.2, 0.25) is 0 Å². The molecule has 1 fully saturated rings. The molecular weight excluding hydrogens is 389 g/mol. The molecule has 0 bridgehead atoms. The molecule has 2 aromatic carbocycles. The van der Waals surface area contributed by atoms with E-state index in [4.69, 9.17) is 4.42 Å². The number of nitro groups is 1. The summed E-state index contributed by atoms with van der Waals surface area (Å²) in [6.07, 6.45) is 0. The van der Waals surface area contributed by atoms with E-state index in [9.17, 15) is 19.3 Å². The standard InChI is InChI=1S/C22H22FN3O4/c1-14-12-25(15(2)11-24(14)13-16-3-5-18(23)6-4-16)22(27)21-10-17-9-19(26(28)29)7-8-20(17)30-21/h3-10,14-15H,11-13H2,1-2H3/t14-,15+/m1/s1. The average Bonchev–Trinajstić information content (AvgIpc) is 3.15. The van der Waals surface area contributed by atoms with Crippen LogP contribution in [0.1, 0.15) is 30.0 Å². The van der Waals surface area contributed by atoms with Crippen molar-refractivity contribution in [2.75, 3.05) is 13.1 Å². The Balaban J connectivity index is 1.49. The van der Waals surface area contributed by atoms with Gasteiger partial charge in [-0.3, -0.25) is 19.8 Å². The molecule has 1 saturated heterocycles. The summed E-state index contributed by atoms with van der Waals surface area (Å²) < 4.78 is 18.8. The number of non-ortho nitro benzene ring substituents is 1. The lowest BCUT2D eigenvalue weighted by molar-refractivity contribution is -0.384. The number of hydrogen-bond acceptors (Lipinski definition) is 5. The minimum absolute atomic E-state index is 0.0429. The number of piperazine rings is 1. The van der Waals surface area contributed by atoms with Crippen LogP contribution in [0, 0.1) is 15.9 Å². The fourth-order valence-electron chi connectivity index (χ4n) is 3.92. The number of rotatable bonds is 4. The number of benzene rings is 2. The average molecular weight is 411 g/mol. The van der Waals surface area contributed by atoms with E-state index < -0.39 is 4.92 Å². The summed E-state index contributed by atoms with van der Waals surface area (Å²) in [6, 6.07) is 12.4. The van der Waals surface area contributed by atoms with Gasteiger partial charge in [-0.2, -0.15) is 0 Å². The number of hydrogen-bond donors (Lipinski definition) is 0. The first-order chi connectivity index (χ1) is 14.3. The summed E-state index contributed by atoms with van der Waals surface area (Å²) in [5.41, 5.74) is 1.42. The summed E-state index contributed by atoms with van der Waals surface area (Å²) >= 11 is 0. The Morgan fingerprint density at radius 1 is 1.13 bits per heavy atom. The fraction of sp³-hybridized carbons (Fsp3) is 0.318. The lowest BCUT2D eigenvalue weighted by Gasteiger charge is -2.43. The molecule has 1 aliphatic rings. The normalized spacial score (nSPS) is 19.9. The third kappa shape index (κ3) is 3.91. The maximum Gasteiger partial charge on any atom is 0.289 e. The number of nitrogens with zero attached hydrogens (tertiary/aromatic N) is 3. The molecule has 1 aliphatic heterocycles. The number of nitro benzene ring substituents is 1. The van der Waals surface area contributed by atoms with Gasteiger partial charge in [-0.15, -0.1) is 0 Å². The van der Waals surface area contributed by atoms with Crippen LogP contribution in [-0.2, 0) is 6.54 Å². The highest BCUT2D eigenvalue weighted by Crippen LogP contribution is 2.27. The van der Waals surface area contributed by atoms with Gasteiger partial charge in [0.15, 0.2) is 5.76 Å². The van der Waals surface area contributed by atoms with Crippen LogP contribution in [0.25, 0.3) is 11.0 Å². The summed E-state index contributed by atoms with van der Waals surface area (Å²) in [6.45, 7) is 5.92. The van der Waals surface area contributed by atoms with E-state index in [0.717, 1.165) is 5.56 Å². The molecule has 0 saturated carbocycles. The highest BCUT2D eigenvalue weighted by atomic mass is 19.1. The third-order valence-corrected chi connectivity index (χ3v) is 5.60. The van der Waals surface area contributed by atoms with E-state index in [-0.39, 0.29) is 35.3 Å². The molecule has 1 amide bonds. The molecule has 0 aliphatic carbocycles. The fourth-order valence-corrected chi connectivity index (χ4v) is 3.92. The van der Waals surface area contributed by atoms with Gasteiger partial charge >= 0.3 is 0 Å². The quantitative estimate of drug-likeness (QED) is 0.474. The van der Waals surface area contributed by atoms with Crippen molar-refractivity contribution in [1.82, 2.24) is 9.80 Å². The molecule has 0 spiro atoms. The maximum absolute atomic E-state index is 13.1. The summed E-state index contributed by atoms with van der Waals surface area (Å²) in [5.74, 6) is -0.307. The zero-order valence-corrected chi connectivity index (χ0v) is 16.7. The van der Waals surface area contributed by atoms with Crippen molar-refractivity contribution in [3.63, 3.8) is 0 Å². The van der Waals surface area contributed by atoms with Crippen LogP contribution < -0.4 is 0 Å². The van der Waals surface area contributed by atoms with E-state index >= 15 is 0 Å². The number of carbonyl (C=O) groups is 1. The zero-order valence-electron chi connectivity index (χ0n) is 16.7. The Hall–Kier alpha value is -3.26. The van der Waals surface area contributed by atoms with Crippen molar-refractivity contribution in [3.8, 4) is 0 Å². The van der Waals surface area contributed by atoms with E-state index in [1.54, 1.807) is 23.1 Å². The first kappa shape index (κ1) is 20.0. The topological polar surface area (TPSA) is 79.8 Å². The van der Waals surface area contributed by atoms with Crippen molar-refractivity contribution in [1.29, 1.82) is 0 Å². The van der Waals surface area contributed by atoms with Crippen LogP contribution in [0.5, 0.6) is 0 Å². The van der Waals surface area contributed by atoms with E-state index in [2.05, 4.69) is 11.8 Å². The first-order valence-corrected chi connectivity index (χ1v) is 9.79. The van der Waals surface area contributed by atoms with Crippen molar-refractivity contribution < 1.29 is 18.5 Å². The molecule has 8 heteroatoms. The Morgan fingerprint density at radius 2 is 1.87 bits per heavy atom. The van der Waals surface area contributed by atoms with Crippen molar-refractivity contribution in [3.05, 3.63) is 75.8 Å². The largest absolute Gasteiger partial charge is 0.451 e. The second-order valence-electron chi connectivity index (χ2n) is 7.80. The Kier molecular flexibility index (Phi) is 5.26. The maximum atomic E-state index is 13.1. The van der Waals surface area contributed by atoms with Gasteiger partial charge in [-0.05, 0) is 43.7 Å². The Bertz CT molecular complexity index is 1100. The van der Waals surface area contributed by atoms with Gasteiger partial charge < -0.3 is 9.32 Å². The molecule has 2 heterocycles. The van der Waals surface area contributed by atoms with Crippen molar-refractivity contribution in [2.24, 2.45) is 0 Å². The Labute approximate surface area is 172 Å². The molecule has 156 valence electrons. The Morgan fingerprint density at radius 3 is 2.57 bits per heavy atom. The monoisotopic (exact) mass is 411 g/mol. The summed E-state index contributed by atoms with van der Waals surface area (Å²) in [4.78, 5) is 27.6. The third-order valence-electron chi connectivity index (χ3n) is 5.60. The molecule has 4 rings (SSSR count). The minimum atomic E-state index is -0.474. The smallest absolute Gasteiger partial charge is 0.289 e. The number of halogens is 1. The highest BCUT2D eigenvalue weighted by Gasteiger charge is 2.33.